The van der Waals surface area contributed by atoms with Gasteiger partial charge in [-0.05, 0) is 48.9 Å². The minimum absolute atomic E-state index is 0.0114. The Morgan fingerprint density at radius 2 is 2.08 bits per heavy atom. The van der Waals surface area contributed by atoms with Gasteiger partial charge in [0.15, 0.2) is 0 Å². The van der Waals surface area contributed by atoms with E-state index in [-0.39, 0.29) is 24.3 Å². The largest absolute Gasteiger partial charge is 0.396 e. The van der Waals surface area contributed by atoms with Crippen molar-refractivity contribution in [1.82, 2.24) is 10.3 Å². The minimum Gasteiger partial charge on any atom is -0.396 e. The zero-order valence-electron chi connectivity index (χ0n) is 13.8. The first kappa shape index (κ1) is 16.7. The Morgan fingerprint density at radius 1 is 1.25 bits per heavy atom. The number of nitrogens with zero attached hydrogens (tertiary/aromatic N) is 1. The van der Waals surface area contributed by atoms with Gasteiger partial charge in [-0.2, -0.15) is 0 Å². The Morgan fingerprint density at radius 3 is 2.88 bits per heavy atom. The first-order valence-electron chi connectivity index (χ1n) is 8.64. The van der Waals surface area contributed by atoms with Gasteiger partial charge in [-0.1, -0.05) is 30.3 Å². The molecule has 0 spiro atoms. The predicted molar refractivity (Wildman–Crippen MR) is 93.6 cm³/mol. The number of fused-ring (bicyclic) bond motifs is 1. The molecule has 4 nitrogen and oxygen atoms in total. The lowest BCUT2D eigenvalue weighted by Gasteiger charge is -2.25. The average molecular weight is 324 g/mol. The number of rotatable bonds is 6. The van der Waals surface area contributed by atoms with Crippen LogP contribution in [-0.4, -0.2) is 29.1 Å². The number of hydrogen-bond donors (Lipinski definition) is 2. The molecule has 1 aliphatic carbocycles. The molecular weight excluding hydrogens is 300 g/mol. The number of carbonyl (C=O) groups excluding carboxylic acids is 1. The average Bonchev–Trinajstić information content (AvgIpc) is 2.65. The van der Waals surface area contributed by atoms with Crippen LogP contribution >= 0.6 is 0 Å². The van der Waals surface area contributed by atoms with Crippen LogP contribution in [-0.2, 0) is 17.6 Å². The van der Waals surface area contributed by atoms with E-state index >= 15 is 0 Å². The third-order valence-corrected chi connectivity index (χ3v) is 4.73. The van der Waals surface area contributed by atoms with Gasteiger partial charge < -0.3 is 10.4 Å². The van der Waals surface area contributed by atoms with Crippen molar-refractivity contribution in [3.63, 3.8) is 0 Å². The molecule has 1 aromatic carbocycles. The quantitative estimate of drug-likeness (QED) is 0.858. The van der Waals surface area contributed by atoms with E-state index in [2.05, 4.69) is 22.4 Å². The lowest BCUT2D eigenvalue weighted by Crippen LogP contribution is -2.36. The summed E-state index contributed by atoms with van der Waals surface area (Å²) in [6.45, 7) is 0.517. The number of aromatic nitrogens is 1. The van der Waals surface area contributed by atoms with Crippen molar-refractivity contribution in [3.05, 3.63) is 65.5 Å². The molecule has 1 aliphatic rings. The summed E-state index contributed by atoms with van der Waals surface area (Å²) in [6.07, 6.45) is 5.42. The number of hydrogen-bond acceptors (Lipinski definition) is 3. The molecule has 2 atom stereocenters. The number of pyridine rings is 1. The summed E-state index contributed by atoms with van der Waals surface area (Å²) in [5, 5.41) is 12.6. The molecule has 2 aromatic rings. The van der Waals surface area contributed by atoms with E-state index in [4.69, 9.17) is 0 Å². The molecule has 3 rings (SSSR count). The predicted octanol–water partition coefficient (Wildman–Crippen LogP) is 2.47. The van der Waals surface area contributed by atoms with Crippen molar-refractivity contribution in [3.8, 4) is 0 Å². The van der Waals surface area contributed by atoms with Crippen LogP contribution in [0.2, 0.25) is 0 Å². The SMILES string of the molecule is O=C(NCC(CO)Cc1ccccn1)C1CCCc2ccccc21. The Kier molecular flexibility index (Phi) is 5.59. The summed E-state index contributed by atoms with van der Waals surface area (Å²) in [5.41, 5.74) is 3.39. The molecule has 0 saturated carbocycles. The van der Waals surface area contributed by atoms with Gasteiger partial charge in [-0.3, -0.25) is 9.78 Å². The van der Waals surface area contributed by atoms with Gasteiger partial charge in [-0.25, -0.2) is 0 Å². The molecule has 0 fully saturated rings. The summed E-state index contributed by atoms with van der Waals surface area (Å²) < 4.78 is 0. The molecule has 24 heavy (non-hydrogen) atoms. The number of aliphatic hydroxyl groups excluding tert-OH is 1. The van der Waals surface area contributed by atoms with Gasteiger partial charge in [0.05, 0.1) is 5.92 Å². The number of nitrogens with one attached hydrogen (secondary N) is 1. The van der Waals surface area contributed by atoms with E-state index in [1.54, 1.807) is 6.20 Å². The van der Waals surface area contributed by atoms with Crippen LogP contribution in [0.25, 0.3) is 0 Å². The zero-order valence-corrected chi connectivity index (χ0v) is 13.8. The van der Waals surface area contributed by atoms with Crippen LogP contribution in [0.1, 0.15) is 35.6 Å². The first-order valence-corrected chi connectivity index (χ1v) is 8.64. The molecule has 0 radical (unpaired) electrons. The normalized spacial score (nSPS) is 17.8. The van der Waals surface area contributed by atoms with Crippen LogP contribution in [0.4, 0.5) is 0 Å². The van der Waals surface area contributed by atoms with E-state index in [1.807, 2.05) is 30.3 Å². The summed E-state index contributed by atoms with van der Waals surface area (Å²) in [4.78, 5) is 16.9. The van der Waals surface area contributed by atoms with Gasteiger partial charge in [0.1, 0.15) is 0 Å². The van der Waals surface area contributed by atoms with Crippen molar-refractivity contribution < 1.29 is 9.90 Å². The second-order valence-electron chi connectivity index (χ2n) is 6.46. The Bertz CT molecular complexity index is 672. The highest BCUT2D eigenvalue weighted by Crippen LogP contribution is 2.31. The van der Waals surface area contributed by atoms with Gasteiger partial charge in [-0.15, -0.1) is 0 Å². The molecule has 1 amide bonds. The van der Waals surface area contributed by atoms with Crippen molar-refractivity contribution in [2.45, 2.75) is 31.6 Å². The fraction of sp³-hybridized carbons (Fsp3) is 0.400. The van der Waals surface area contributed by atoms with Gasteiger partial charge in [0, 0.05) is 31.0 Å². The smallest absolute Gasteiger partial charge is 0.227 e. The summed E-state index contributed by atoms with van der Waals surface area (Å²) in [6, 6.07) is 14.0. The summed E-state index contributed by atoms with van der Waals surface area (Å²) in [5.74, 6) is -0.00607. The highest BCUT2D eigenvalue weighted by molar-refractivity contribution is 5.84. The van der Waals surface area contributed by atoms with E-state index in [0.29, 0.717) is 13.0 Å². The minimum atomic E-state index is -0.0656. The number of benzene rings is 1. The molecule has 1 heterocycles. The zero-order chi connectivity index (χ0) is 16.8. The van der Waals surface area contributed by atoms with E-state index < -0.39 is 0 Å². The molecule has 0 aliphatic heterocycles. The highest BCUT2D eigenvalue weighted by atomic mass is 16.3. The molecule has 126 valence electrons. The number of aliphatic hydroxyl groups is 1. The maximum Gasteiger partial charge on any atom is 0.227 e. The Balaban J connectivity index is 1.59. The fourth-order valence-corrected chi connectivity index (χ4v) is 3.41. The third kappa shape index (κ3) is 4.01. The monoisotopic (exact) mass is 324 g/mol. The number of carbonyl (C=O) groups is 1. The van der Waals surface area contributed by atoms with Crippen molar-refractivity contribution >= 4 is 5.91 Å². The number of aryl methyl sites for hydroxylation is 1. The topological polar surface area (TPSA) is 62.2 Å². The van der Waals surface area contributed by atoms with E-state index in [0.717, 1.165) is 30.5 Å². The van der Waals surface area contributed by atoms with Crippen LogP contribution in [0.3, 0.4) is 0 Å². The van der Waals surface area contributed by atoms with Gasteiger partial charge in [0.25, 0.3) is 0 Å². The second kappa shape index (κ2) is 8.06. The van der Waals surface area contributed by atoms with Crippen molar-refractivity contribution in [1.29, 1.82) is 0 Å². The third-order valence-electron chi connectivity index (χ3n) is 4.73. The van der Waals surface area contributed by atoms with Gasteiger partial charge >= 0.3 is 0 Å². The molecule has 2 unspecified atom stereocenters. The van der Waals surface area contributed by atoms with Gasteiger partial charge in [0.2, 0.25) is 5.91 Å². The number of amides is 1. The molecule has 0 saturated heterocycles. The Labute approximate surface area is 142 Å². The molecule has 1 aromatic heterocycles. The van der Waals surface area contributed by atoms with Crippen molar-refractivity contribution in [2.24, 2.45) is 5.92 Å². The lowest BCUT2D eigenvalue weighted by atomic mass is 9.82. The van der Waals surface area contributed by atoms with E-state index in [1.165, 1.54) is 5.56 Å². The van der Waals surface area contributed by atoms with Crippen LogP contribution in [0.15, 0.2) is 48.7 Å². The standard InChI is InChI=1S/C20H24N2O2/c23-14-15(12-17-8-3-4-11-21-17)13-22-20(24)19-10-5-7-16-6-1-2-9-18(16)19/h1-4,6,8-9,11,15,19,23H,5,7,10,12-14H2,(H,22,24). The Hall–Kier alpha value is -2.20. The van der Waals surface area contributed by atoms with Crippen LogP contribution < -0.4 is 5.32 Å². The fourth-order valence-electron chi connectivity index (χ4n) is 3.41. The first-order chi connectivity index (χ1) is 11.8. The summed E-state index contributed by atoms with van der Waals surface area (Å²) >= 11 is 0. The molecule has 4 heteroatoms. The molecule has 0 bridgehead atoms. The second-order valence-corrected chi connectivity index (χ2v) is 6.46. The van der Waals surface area contributed by atoms with E-state index in [9.17, 15) is 9.90 Å². The van der Waals surface area contributed by atoms with Crippen molar-refractivity contribution in [2.75, 3.05) is 13.2 Å². The molecule has 2 N–H and O–H groups in total. The lowest BCUT2D eigenvalue weighted by molar-refractivity contribution is -0.123. The van der Waals surface area contributed by atoms with Crippen LogP contribution in [0, 0.1) is 5.92 Å². The summed E-state index contributed by atoms with van der Waals surface area (Å²) in [7, 11) is 0. The maximum absolute atomic E-state index is 12.6. The van der Waals surface area contributed by atoms with Crippen LogP contribution in [0.5, 0.6) is 0 Å². The maximum atomic E-state index is 12.6. The molecular formula is C20H24N2O2. The highest BCUT2D eigenvalue weighted by Gasteiger charge is 2.26.